The van der Waals surface area contributed by atoms with E-state index in [0.717, 1.165) is 91.1 Å². The summed E-state index contributed by atoms with van der Waals surface area (Å²) in [5, 5.41) is 10.2. The van der Waals surface area contributed by atoms with Crippen molar-refractivity contribution in [3.63, 3.8) is 0 Å². The number of anilines is 8. The van der Waals surface area contributed by atoms with Gasteiger partial charge in [-0.2, -0.15) is 0 Å². The van der Waals surface area contributed by atoms with Crippen molar-refractivity contribution in [1.29, 1.82) is 0 Å². The van der Waals surface area contributed by atoms with E-state index in [4.69, 9.17) is 31.4 Å². The molecule has 7 N–H and O–H groups in total. The molecule has 0 fully saturated rings. The van der Waals surface area contributed by atoms with E-state index >= 15 is 0 Å². The molecule has 0 unspecified atom stereocenters. The SMILES string of the molecule is Nc1ccc(Nc2ccc(N=C3C=CC(=Nc4ccc(Nc5ccc(N=C6C=CC(=Nc7ccc(Nc8ccc(N)cc8)cc7)C=C6)cc5)cc4)C=C3)cc2)cc1. The highest BCUT2D eigenvalue weighted by atomic mass is 14.9. The molecule has 57 heavy (non-hydrogen) atoms. The van der Waals surface area contributed by atoms with Crippen LogP contribution in [0.1, 0.15) is 0 Å². The van der Waals surface area contributed by atoms with E-state index in [0.29, 0.717) is 0 Å². The summed E-state index contributed by atoms with van der Waals surface area (Å²) in [6.07, 6.45) is 15.8. The first-order chi connectivity index (χ1) is 27.9. The van der Waals surface area contributed by atoms with E-state index in [-0.39, 0.29) is 0 Å². The molecule has 0 radical (unpaired) electrons. The zero-order chi connectivity index (χ0) is 38.8. The second-order valence-corrected chi connectivity index (χ2v) is 13.3. The maximum Gasteiger partial charge on any atom is 0.0638 e. The Morgan fingerprint density at radius 3 is 0.614 bits per heavy atom. The van der Waals surface area contributed by atoms with Crippen LogP contribution in [0.15, 0.2) is 214 Å². The number of nitrogens with two attached hydrogens (primary N) is 2. The first-order valence-corrected chi connectivity index (χ1v) is 18.4. The second-order valence-electron chi connectivity index (χ2n) is 13.3. The van der Waals surface area contributed by atoms with Gasteiger partial charge in [0.1, 0.15) is 0 Å². The quantitative estimate of drug-likeness (QED) is 0.0703. The Labute approximate surface area is 331 Å². The Bertz CT molecular complexity index is 2370. The average molecular weight is 742 g/mol. The van der Waals surface area contributed by atoms with Crippen LogP contribution in [0.4, 0.5) is 68.2 Å². The fraction of sp³-hybridized carbons (Fsp3) is 0. The van der Waals surface area contributed by atoms with Crippen LogP contribution >= 0.6 is 0 Å². The van der Waals surface area contributed by atoms with E-state index in [2.05, 4.69) is 16.0 Å². The van der Waals surface area contributed by atoms with Gasteiger partial charge in [0.05, 0.1) is 45.6 Å². The molecular formula is C48H39N9. The molecule has 0 heterocycles. The maximum atomic E-state index is 5.78. The van der Waals surface area contributed by atoms with Crippen LogP contribution in [-0.2, 0) is 0 Å². The Morgan fingerprint density at radius 2 is 0.421 bits per heavy atom. The van der Waals surface area contributed by atoms with Gasteiger partial charge < -0.3 is 27.4 Å². The predicted octanol–water partition coefficient (Wildman–Crippen LogP) is 12.0. The molecule has 2 aliphatic carbocycles. The van der Waals surface area contributed by atoms with Gasteiger partial charge in [-0.15, -0.1) is 0 Å². The van der Waals surface area contributed by atoms with Crippen molar-refractivity contribution >= 4 is 91.1 Å². The van der Waals surface area contributed by atoms with E-state index in [1.165, 1.54) is 0 Å². The zero-order valence-corrected chi connectivity index (χ0v) is 30.9. The number of nitrogens with one attached hydrogen (secondary N) is 3. The average Bonchev–Trinajstić information content (AvgIpc) is 3.24. The van der Waals surface area contributed by atoms with Crippen LogP contribution in [0.3, 0.4) is 0 Å². The summed E-state index contributed by atoms with van der Waals surface area (Å²) in [5.41, 5.74) is 25.8. The molecule has 6 aromatic rings. The largest absolute Gasteiger partial charge is 0.399 e. The van der Waals surface area contributed by atoms with E-state index in [9.17, 15) is 0 Å². The van der Waals surface area contributed by atoms with Crippen molar-refractivity contribution in [2.45, 2.75) is 0 Å². The molecule has 0 aromatic heterocycles. The molecule has 2 aliphatic rings. The van der Waals surface area contributed by atoms with Crippen molar-refractivity contribution in [1.82, 2.24) is 0 Å². The van der Waals surface area contributed by atoms with E-state index in [1.54, 1.807) is 0 Å². The molecule has 0 spiro atoms. The molecule has 8 rings (SSSR count). The molecule has 0 saturated heterocycles. The van der Waals surface area contributed by atoms with Crippen molar-refractivity contribution in [2.24, 2.45) is 20.0 Å². The van der Waals surface area contributed by atoms with E-state index in [1.807, 2.05) is 194 Å². The highest BCUT2D eigenvalue weighted by Gasteiger charge is 2.05. The number of nitrogen functional groups attached to an aromatic ring is 2. The molecule has 0 saturated carbocycles. The Balaban J connectivity index is 0.807. The van der Waals surface area contributed by atoms with Crippen molar-refractivity contribution in [3.05, 3.63) is 194 Å². The van der Waals surface area contributed by atoms with Gasteiger partial charge in [0.15, 0.2) is 0 Å². The summed E-state index contributed by atoms with van der Waals surface area (Å²) in [6.45, 7) is 0. The van der Waals surface area contributed by atoms with Crippen LogP contribution < -0.4 is 27.4 Å². The first kappa shape index (κ1) is 36.0. The summed E-state index contributed by atoms with van der Waals surface area (Å²) >= 11 is 0. The van der Waals surface area contributed by atoms with Gasteiger partial charge in [-0.1, -0.05) is 0 Å². The summed E-state index contributed by atoms with van der Waals surface area (Å²) in [7, 11) is 0. The smallest absolute Gasteiger partial charge is 0.0638 e. The molecule has 6 aromatic carbocycles. The Kier molecular flexibility index (Phi) is 10.7. The molecule has 0 atom stereocenters. The van der Waals surface area contributed by atoms with Gasteiger partial charge in [0.25, 0.3) is 0 Å². The highest BCUT2D eigenvalue weighted by molar-refractivity contribution is 6.20. The third-order valence-electron chi connectivity index (χ3n) is 8.89. The normalized spacial score (nSPS) is 13.0. The summed E-state index contributed by atoms with van der Waals surface area (Å²) < 4.78 is 0. The van der Waals surface area contributed by atoms with Gasteiger partial charge in [-0.25, -0.2) is 20.0 Å². The maximum absolute atomic E-state index is 5.78. The first-order valence-electron chi connectivity index (χ1n) is 18.4. The molecule has 9 nitrogen and oxygen atoms in total. The van der Waals surface area contributed by atoms with Crippen LogP contribution in [0, 0.1) is 0 Å². The molecule has 9 heteroatoms. The van der Waals surface area contributed by atoms with Crippen LogP contribution in [0.5, 0.6) is 0 Å². The summed E-state index contributed by atoms with van der Waals surface area (Å²) in [6, 6.07) is 47.3. The van der Waals surface area contributed by atoms with Crippen LogP contribution in [0.2, 0.25) is 0 Å². The van der Waals surface area contributed by atoms with Crippen LogP contribution in [0.25, 0.3) is 0 Å². The van der Waals surface area contributed by atoms with E-state index < -0.39 is 0 Å². The topological polar surface area (TPSA) is 138 Å². The molecular weight excluding hydrogens is 703 g/mol. The number of benzene rings is 6. The lowest BCUT2D eigenvalue weighted by molar-refractivity contribution is 1.47. The molecule has 276 valence electrons. The Morgan fingerprint density at radius 1 is 0.246 bits per heavy atom. The number of allylic oxidation sites excluding steroid dienone is 8. The lowest BCUT2D eigenvalue weighted by Crippen LogP contribution is -1.99. The number of hydrogen-bond donors (Lipinski definition) is 5. The van der Waals surface area contributed by atoms with Gasteiger partial charge in [-0.05, 0) is 194 Å². The monoisotopic (exact) mass is 741 g/mol. The lowest BCUT2D eigenvalue weighted by Gasteiger charge is -2.08. The number of nitrogens with zero attached hydrogens (tertiary/aromatic N) is 4. The second kappa shape index (κ2) is 17.0. The van der Waals surface area contributed by atoms with Gasteiger partial charge in [0.2, 0.25) is 0 Å². The van der Waals surface area contributed by atoms with Crippen molar-refractivity contribution in [3.8, 4) is 0 Å². The molecule has 0 bridgehead atoms. The minimum atomic E-state index is 0.739. The summed E-state index contributed by atoms with van der Waals surface area (Å²) in [4.78, 5) is 19.1. The number of aliphatic imine (C=N–C) groups is 4. The third kappa shape index (κ3) is 10.1. The third-order valence-corrected chi connectivity index (χ3v) is 8.89. The van der Waals surface area contributed by atoms with Gasteiger partial charge in [-0.3, -0.25) is 0 Å². The van der Waals surface area contributed by atoms with Gasteiger partial charge in [0, 0.05) is 45.5 Å². The number of hydrogen-bond acceptors (Lipinski definition) is 9. The highest BCUT2D eigenvalue weighted by Crippen LogP contribution is 2.26. The minimum Gasteiger partial charge on any atom is -0.399 e. The van der Waals surface area contributed by atoms with Gasteiger partial charge >= 0.3 is 0 Å². The molecule has 0 amide bonds. The zero-order valence-electron chi connectivity index (χ0n) is 30.9. The van der Waals surface area contributed by atoms with Crippen molar-refractivity contribution < 1.29 is 0 Å². The lowest BCUT2D eigenvalue weighted by atomic mass is 10.1. The minimum absolute atomic E-state index is 0.739. The van der Waals surface area contributed by atoms with Crippen molar-refractivity contribution in [2.75, 3.05) is 27.4 Å². The fourth-order valence-electron chi connectivity index (χ4n) is 5.91. The Hall–Kier alpha value is -8.04. The molecule has 0 aliphatic heterocycles. The number of rotatable bonds is 10. The fourth-order valence-corrected chi connectivity index (χ4v) is 5.91. The van der Waals surface area contributed by atoms with Crippen LogP contribution in [-0.4, -0.2) is 22.8 Å². The summed E-state index contributed by atoms with van der Waals surface area (Å²) in [5.74, 6) is 0. The predicted molar refractivity (Wildman–Crippen MR) is 242 cm³/mol. The standard InChI is InChI=1S/C48H39N9/c49-33-1-5-35(6-2-33)51-37-9-13-39(14-10-37)53-41-17-21-43(22-18-41)55-45-25-29-47(30-26-45)57-48-31-27-46(28-32-48)56-44-23-19-42(20-24-44)54-40-15-11-38(12-16-40)52-36-7-3-34(50)4-8-36/h1-32,51-52,57H,49-50H2.